The van der Waals surface area contributed by atoms with Crippen molar-refractivity contribution in [1.29, 1.82) is 5.26 Å². The Kier molecular flexibility index (Phi) is 4.56. The molecule has 3 nitrogen and oxygen atoms in total. The maximum atomic E-state index is 8.84. The van der Waals surface area contributed by atoms with E-state index in [0.29, 0.717) is 12.1 Å². The molecule has 0 unspecified atom stereocenters. The molecule has 3 heteroatoms. The third kappa shape index (κ3) is 4.19. The van der Waals surface area contributed by atoms with Crippen LogP contribution in [-0.4, -0.2) is 25.3 Å². The van der Waals surface area contributed by atoms with E-state index in [2.05, 4.69) is 11.4 Å². The standard InChI is InChI=1S/C12H22N2O/c1-4-15-11-7-10(8-11)14-6-5-12(2,3)9-13/h10-11,14H,4-8H2,1-3H3. The quantitative estimate of drug-likeness (QED) is 0.730. The molecule has 1 aliphatic carbocycles. The van der Waals surface area contributed by atoms with Gasteiger partial charge in [-0.25, -0.2) is 0 Å². The molecule has 0 bridgehead atoms. The molecule has 0 spiro atoms. The summed E-state index contributed by atoms with van der Waals surface area (Å²) in [5.41, 5.74) is -0.198. The first-order valence-corrected chi connectivity index (χ1v) is 5.83. The van der Waals surface area contributed by atoms with E-state index in [1.807, 2.05) is 20.8 Å². The predicted octanol–water partition coefficient (Wildman–Crippen LogP) is 2.08. The number of hydrogen-bond donors (Lipinski definition) is 1. The van der Waals surface area contributed by atoms with Gasteiger partial charge in [-0.2, -0.15) is 5.26 Å². The predicted molar refractivity (Wildman–Crippen MR) is 60.4 cm³/mol. The Morgan fingerprint density at radius 2 is 2.13 bits per heavy atom. The first-order chi connectivity index (χ1) is 7.07. The highest BCUT2D eigenvalue weighted by Crippen LogP contribution is 2.24. The molecule has 0 aliphatic heterocycles. The fourth-order valence-electron chi connectivity index (χ4n) is 1.75. The van der Waals surface area contributed by atoms with Crippen molar-refractivity contribution in [3.8, 4) is 6.07 Å². The molecule has 0 atom stereocenters. The van der Waals surface area contributed by atoms with E-state index >= 15 is 0 Å². The fourth-order valence-corrected chi connectivity index (χ4v) is 1.75. The molecular weight excluding hydrogens is 188 g/mol. The third-order valence-electron chi connectivity index (χ3n) is 2.98. The fraction of sp³-hybridized carbons (Fsp3) is 0.917. The minimum Gasteiger partial charge on any atom is -0.378 e. The Bertz CT molecular complexity index is 226. The van der Waals surface area contributed by atoms with Gasteiger partial charge in [-0.05, 0) is 46.6 Å². The number of nitrogens with one attached hydrogen (secondary N) is 1. The minimum atomic E-state index is -0.198. The monoisotopic (exact) mass is 210 g/mol. The molecule has 0 aromatic carbocycles. The highest BCUT2D eigenvalue weighted by atomic mass is 16.5. The molecule has 1 fully saturated rings. The van der Waals surface area contributed by atoms with Crippen LogP contribution >= 0.6 is 0 Å². The summed E-state index contributed by atoms with van der Waals surface area (Å²) in [5.74, 6) is 0. The molecule has 0 aromatic rings. The van der Waals surface area contributed by atoms with Crippen LogP contribution in [0.15, 0.2) is 0 Å². The van der Waals surface area contributed by atoms with Crippen molar-refractivity contribution >= 4 is 0 Å². The van der Waals surface area contributed by atoms with Gasteiger partial charge in [-0.15, -0.1) is 0 Å². The first-order valence-electron chi connectivity index (χ1n) is 5.83. The van der Waals surface area contributed by atoms with Gasteiger partial charge in [0.15, 0.2) is 0 Å². The summed E-state index contributed by atoms with van der Waals surface area (Å²) in [6.45, 7) is 7.76. The van der Waals surface area contributed by atoms with E-state index < -0.39 is 0 Å². The Labute approximate surface area is 92.8 Å². The highest BCUT2D eigenvalue weighted by Gasteiger charge is 2.29. The Hall–Kier alpha value is -0.590. The third-order valence-corrected chi connectivity index (χ3v) is 2.98. The topological polar surface area (TPSA) is 45.0 Å². The number of rotatable bonds is 6. The van der Waals surface area contributed by atoms with Gasteiger partial charge in [0.25, 0.3) is 0 Å². The van der Waals surface area contributed by atoms with E-state index in [-0.39, 0.29) is 5.41 Å². The smallest absolute Gasteiger partial charge is 0.0684 e. The lowest BCUT2D eigenvalue weighted by molar-refractivity contribution is -0.0100. The van der Waals surface area contributed by atoms with E-state index in [1.165, 1.54) is 0 Å². The number of ether oxygens (including phenoxy) is 1. The van der Waals surface area contributed by atoms with E-state index in [4.69, 9.17) is 10.00 Å². The Morgan fingerprint density at radius 1 is 1.47 bits per heavy atom. The van der Waals surface area contributed by atoms with Crippen LogP contribution in [0.3, 0.4) is 0 Å². The Balaban J connectivity index is 2.02. The van der Waals surface area contributed by atoms with E-state index in [1.54, 1.807) is 0 Å². The summed E-state index contributed by atoms with van der Waals surface area (Å²) in [7, 11) is 0. The summed E-state index contributed by atoms with van der Waals surface area (Å²) in [5, 5.41) is 12.3. The normalized spacial score (nSPS) is 25.7. The molecular formula is C12H22N2O. The van der Waals surface area contributed by atoms with Crippen LogP contribution in [0.5, 0.6) is 0 Å². The molecule has 0 heterocycles. The van der Waals surface area contributed by atoms with Gasteiger partial charge in [-0.1, -0.05) is 0 Å². The van der Waals surface area contributed by atoms with Crippen molar-refractivity contribution in [3.63, 3.8) is 0 Å². The number of nitrogens with zero attached hydrogens (tertiary/aromatic N) is 1. The summed E-state index contributed by atoms with van der Waals surface area (Å²) in [4.78, 5) is 0. The zero-order chi connectivity index (χ0) is 11.3. The molecule has 0 amide bonds. The molecule has 1 aliphatic rings. The van der Waals surface area contributed by atoms with Gasteiger partial charge in [0, 0.05) is 12.6 Å². The molecule has 0 saturated heterocycles. The molecule has 0 radical (unpaired) electrons. The average molecular weight is 210 g/mol. The van der Waals surface area contributed by atoms with E-state index in [0.717, 1.165) is 32.4 Å². The molecule has 86 valence electrons. The van der Waals surface area contributed by atoms with Gasteiger partial charge in [0.1, 0.15) is 0 Å². The lowest BCUT2D eigenvalue weighted by atomic mass is 9.87. The van der Waals surface area contributed by atoms with Gasteiger partial charge >= 0.3 is 0 Å². The van der Waals surface area contributed by atoms with Crippen molar-refractivity contribution in [2.75, 3.05) is 13.2 Å². The maximum absolute atomic E-state index is 8.84. The van der Waals surface area contributed by atoms with Crippen LogP contribution in [0.1, 0.15) is 40.0 Å². The summed E-state index contributed by atoms with van der Waals surface area (Å²) < 4.78 is 5.48. The SMILES string of the molecule is CCOC1CC(NCCC(C)(C)C#N)C1. The van der Waals surface area contributed by atoms with Crippen molar-refractivity contribution in [2.24, 2.45) is 5.41 Å². The summed E-state index contributed by atoms with van der Waals surface area (Å²) in [6.07, 6.45) is 3.64. The molecule has 0 aromatic heterocycles. The number of hydrogen-bond acceptors (Lipinski definition) is 3. The van der Waals surface area contributed by atoms with Crippen LogP contribution in [0, 0.1) is 16.7 Å². The van der Waals surface area contributed by atoms with Crippen molar-refractivity contribution in [3.05, 3.63) is 0 Å². The van der Waals surface area contributed by atoms with Crippen molar-refractivity contribution < 1.29 is 4.74 Å². The van der Waals surface area contributed by atoms with Crippen LogP contribution in [0.25, 0.3) is 0 Å². The summed E-state index contributed by atoms with van der Waals surface area (Å²) in [6, 6.07) is 2.92. The molecule has 1 rings (SSSR count). The second-order valence-electron chi connectivity index (χ2n) is 4.95. The molecule has 15 heavy (non-hydrogen) atoms. The second kappa shape index (κ2) is 5.48. The lowest BCUT2D eigenvalue weighted by Gasteiger charge is -2.36. The van der Waals surface area contributed by atoms with Crippen LogP contribution in [0.2, 0.25) is 0 Å². The van der Waals surface area contributed by atoms with Crippen molar-refractivity contribution in [2.45, 2.75) is 52.2 Å². The zero-order valence-corrected chi connectivity index (χ0v) is 10.0. The highest BCUT2D eigenvalue weighted by molar-refractivity contribution is 4.93. The van der Waals surface area contributed by atoms with Gasteiger partial charge in [0.05, 0.1) is 17.6 Å². The zero-order valence-electron chi connectivity index (χ0n) is 10.0. The maximum Gasteiger partial charge on any atom is 0.0684 e. The van der Waals surface area contributed by atoms with Crippen LogP contribution < -0.4 is 5.32 Å². The minimum absolute atomic E-state index is 0.198. The average Bonchev–Trinajstić information content (AvgIpc) is 2.14. The second-order valence-corrected chi connectivity index (χ2v) is 4.95. The van der Waals surface area contributed by atoms with Crippen molar-refractivity contribution in [1.82, 2.24) is 5.32 Å². The molecule has 1 N–H and O–H groups in total. The Morgan fingerprint density at radius 3 is 2.67 bits per heavy atom. The van der Waals surface area contributed by atoms with Crippen LogP contribution in [-0.2, 0) is 4.74 Å². The first kappa shape index (κ1) is 12.5. The number of nitriles is 1. The molecule has 1 saturated carbocycles. The van der Waals surface area contributed by atoms with Gasteiger partial charge in [0.2, 0.25) is 0 Å². The van der Waals surface area contributed by atoms with Gasteiger partial charge < -0.3 is 10.1 Å². The van der Waals surface area contributed by atoms with Crippen LogP contribution in [0.4, 0.5) is 0 Å². The van der Waals surface area contributed by atoms with Gasteiger partial charge in [-0.3, -0.25) is 0 Å². The van der Waals surface area contributed by atoms with E-state index in [9.17, 15) is 0 Å². The largest absolute Gasteiger partial charge is 0.378 e. The lowest BCUT2D eigenvalue weighted by Crippen LogP contribution is -2.46. The summed E-state index contributed by atoms with van der Waals surface area (Å²) >= 11 is 0.